The molecular weight excluding hydrogens is 263 g/mol. The average Bonchev–Trinajstić information content (AvgIpc) is 2.74. The first-order valence-electron chi connectivity index (χ1n) is 6.35. The Kier molecular flexibility index (Phi) is 4.04. The van der Waals surface area contributed by atoms with E-state index in [1.165, 1.54) is 17.4 Å². The molecule has 3 nitrogen and oxygen atoms in total. The third-order valence-corrected chi connectivity index (χ3v) is 4.40. The van der Waals surface area contributed by atoms with E-state index in [1.54, 1.807) is 12.1 Å². The van der Waals surface area contributed by atoms with Crippen LogP contribution in [0.4, 0.5) is 10.1 Å². The molecular formula is C14H17FN2OS. The quantitative estimate of drug-likeness (QED) is 0.900. The van der Waals surface area contributed by atoms with Gasteiger partial charge in [-0.05, 0) is 25.0 Å². The molecule has 2 rings (SSSR count). The van der Waals surface area contributed by atoms with Gasteiger partial charge in [-0.15, -0.1) is 11.3 Å². The van der Waals surface area contributed by atoms with Gasteiger partial charge in [0, 0.05) is 10.7 Å². The number of carbonyl (C=O) groups excluding carboxylic acids is 1. The van der Waals surface area contributed by atoms with Crippen LogP contribution in [0.1, 0.15) is 36.4 Å². The number of nitrogens with two attached hydrogens (primary N) is 1. The minimum Gasteiger partial charge on any atom is -0.397 e. The number of anilines is 1. The van der Waals surface area contributed by atoms with Gasteiger partial charge >= 0.3 is 0 Å². The molecule has 0 saturated heterocycles. The van der Waals surface area contributed by atoms with Gasteiger partial charge in [0.15, 0.2) is 0 Å². The van der Waals surface area contributed by atoms with E-state index in [1.807, 2.05) is 13.8 Å². The molecule has 1 amide bonds. The molecule has 1 aromatic heterocycles. The largest absolute Gasteiger partial charge is 0.397 e. The van der Waals surface area contributed by atoms with Gasteiger partial charge in [0.1, 0.15) is 10.7 Å². The van der Waals surface area contributed by atoms with E-state index >= 15 is 0 Å². The Morgan fingerprint density at radius 3 is 2.68 bits per heavy atom. The SMILES string of the molecule is CCC(CC)NC(=O)c1sc2cccc(F)c2c1N. The highest BCUT2D eigenvalue weighted by Gasteiger charge is 2.19. The van der Waals surface area contributed by atoms with Crippen LogP contribution < -0.4 is 11.1 Å². The Morgan fingerprint density at radius 1 is 1.42 bits per heavy atom. The van der Waals surface area contributed by atoms with Crippen LogP contribution in [0.15, 0.2) is 18.2 Å². The number of fused-ring (bicyclic) bond motifs is 1. The molecule has 0 bridgehead atoms. The molecule has 1 heterocycles. The zero-order valence-electron chi connectivity index (χ0n) is 11.0. The van der Waals surface area contributed by atoms with Crippen LogP contribution in [-0.4, -0.2) is 11.9 Å². The fourth-order valence-electron chi connectivity index (χ4n) is 2.04. The van der Waals surface area contributed by atoms with Crippen LogP contribution >= 0.6 is 11.3 Å². The highest BCUT2D eigenvalue weighted by Crippen LogP contribution is 2.35. The summed E-state index contributed by atoms with van der Waals surface area (Å²) in [5.74, 6) is -0.598. The molecule has 3 N–H and O–H groups in total. The molecule has 5 heteroatoms. The van der Waals surface area contributed by atoms with Crippen LogP contribution in [-0.2, 0) is 0 Å². The summed E-state index contributed by atoms with van der Waals surface area (Å²) in [4.78, 5) is 12.6. The van der Waals surface area contributed by atoms with E-state index in [2.05, 4.69) is 5.32 Å². The first-order chi connectivity index (χ1) is 9.08. The summed E-state index contributed by atoms with van der Waals surface area (Å²) >= 11 is 1.23. The highest BCUT2D eigenvalue weighted by atomic mass is 32.1. The van der Waals surface area contributed by atoms with Crippen LogP contribution in [0.2, 0.25) is 0 Å². The lowest BCUT2D eigenvalue weighted by atomic mass is 10.1. The fraction of sp³-hybridized carbons (Fsp3) is 0.357. The second kappa shape index (κ2) is 5.57. The van der Waals surface area contributed by atoms with E-state index in [9.17, 15) is 9.18 Å². The highest BCUT2D eigenvalue weighted by molar-refractivity contribution is 7.21. The van der Waals surface area contributed by atoms with Crippen molar-refractivity contribution in [2.45, 2.75) is 32.7 Å². The fourth-order valence-corrected chi connectivity index (χ4v) is 3.08. The molecule has 2 aromatic rings. The molecule has 0 unspecified atom stereocenters. The van der Waals surface area contributed by atoms with Gasteiger partial charge in [0.05, 0.1) is 11.1 Å². The summed E-state index contributed by atoms with van der Waals surface area (Å²) in [7, 11) is 0. The molecule has 0 aliphatic carbocycles. The monoisotopic (exact) mass is 280 g/mol. The van der Waals surface area contributed by atoms with Gasteiger partial charge in [-0.1, -0.05) is 19.9 Å². The molecule has 0 fully saturated rings. The molecule has 0 radical (unpaired) electrons. The van der Waals surface area contributed by atoms with E-state index in [-0.39, 0.29) is 23.5 Å². The first kappa shape index (κ1) is 13.8. The van der Waals surface area contributed by atoms with E-state index in [0.29, 0.717) is 15.0 Å². The van der Waals surface area contributed by atoms with E-state index in [4.69, 9.17) is 5.73 Å². The lowest BCUT2D eigenvalue weighted by molar-refractivity contribution is 0.0940. The predicted molar refractivity (Wildman–Crippen MR) is 78.0 cm³/mol. The maximum Gasteiger partial charge on any atom is 0.263 e. The van der Waals surface area contributed by atoms with Gasteiger partial charge in [-0.25, -0.2) is 4.39 Å². The van der Waals surface area contributed by atoms with Crippen molar-refractivity contribution in [3.05, 3.63) is 28.9 Å². The number of nitrogens with one attached hydrogen (secondary N) is 1. The molecule has 0 spiro atoms. The van der Waals surface area contributed by atoms with Gasteiger partial charge in [0.2, 0.25) is 0 Å². The van der Waals surface area contributed by atoms with Crippen molar-refractivity contribution in [3.8, 4) is 0 Å². The van der Waals surface area contributed by atoms with Crippen molar-refractivity contribution in [1.29, 1.82) is 0 Å². The molecule has 19 heavy (non-hydrogen) atoms. The molecule has 102 valence electrons. The second-order valence-electron chi connectivity index (χ2n) is 4.44. The maximum atomic E-state index is 13.7. The van der Waals surface area contributed by atoms with E-state index < -0.39 is 0 Å². The third kappa shape index (κ3) is 2.56. The number of thiophene rings is 1. The lowest BCUT2D eigenvalue weighted by Gasteiger charge is -2.14. The zero-order valence-corrected chi connectivity index (χ0v) is 11.8. The maximum absolute atomic E-state index is 13.7. The van der Waals surface area contributed by atoms with Crippen LogP contribution in [0.25, 0.3) is 10.1 Å². The smallest absolute Gasteiger partial charge is 0.263 e. The Morgan fingerprint density at radius 2 is 2.11 bits per heavy atom. The number of hydrogen-bond acceptors (Lipinski definition) is 3. The van der Waals surface area contributed by atoms with Crippen LogP contribution in [0, 0.1) is 5.82 Å². The van der Waals surface area contributed by atoms with Crippen molar-refractivity contribution in [1.82, 2.24) is 5.32 Å². The normalized spacial score (nSPS) is 11.2. The standard InChI is InChI=1S/C14H17FN2OS/c1-3-8(4-2)17-14(18)13-12(16)11-9(15)6-5-7-10(11)19-13/h5-8H,3-4,16H2,1-2H3,(H,17,18). The molecule has 0 saturated carbocycles. The minimum atomic E-state index is -0.382. The van der Waals surface area contributed by atoms with Crippen molar-refractivity contribution in [2.75, 3.05) is 5.73 Å². The van der Waals surface area contributed by atoms with Gasteiger partial charge < -0.3 is 11.1 Å². The van der Waals surface area contributed by atoms with Gasteiger partial charge in [-0.2, -0.15) is 0 Å². The van der Waals surface area contributed by atoms with Gasteiger partial charge in [-0.3, -0.25) is 4.79 Å². The van der Waals surface area contributed by atoms with Crippen LogP contribution in [0.3, 0.4) is 0 Å². The van der Waals surface area contributed by atoms with Crippen molar-refractivity contribution in [3.63, 3.8) is 0 Å². The summed E-state index contributed by atoms with van der Waals surface area (Å²) in [6.45, 7) is 4.03. The number of benzene rings is 1. The zero-order chi connectivity index (χ0) is 14.0. The molecule has 0 aliphatic rings. The summed E-state index contributed by atoms with van der Waals surface area (Å²) in [5.41, 5.74) is 6.15. The summed E-state index contributed by atoms with van der Waals surface area (Å²) in [6, 6.07) is 4.87. The van der Waals surface area contributed by atoms with Crippen molar-refractivity contribution < 1.29 is 9.18 Å². The topological polar surface area (TPSA) is 55.1 Å². The number of nitrogen functional groups attached to an aromatic ring is 1. The molecule has 1 aromatic carbocycles. The summed E-state index contributed by atoms with van der Waals surface area (Å²) in [6.07, 6.45) is 1.73. The van der Waals surface area contributed by atoms with E-state index in [0.717, 1.165) is 12.8 Å². The molecule has 0 atom stereocenters. The minimum absolute atomic E-state index is 0.127. The number of amides is 1. The average molecular weight is 280 g/mol. The predicted octanol–water partition coefficient (Wildman–Crippen LogP) is 3.54. The number of hydrogen-bond donors (Lipinski definition) is 2. The number of rotatable bonds is 4. The van der Waals surface area contributed by atoms with Crippen molar-refractivity contribution in [2.24, 2.45) is 0 Å². The van der Waals surface area contributed by atoms with Crippen LogP contribution in [0.5, 0.6) is 0 Å². The first-order valence-corrected chi connectivity index (χ1v) is 7.17. The summed E-state index contributed by atoms with van der Waals surface area (Å²) in [5, 5.41) is 3.27. The Balaban J connectivity index is 2.38. The van der Waals surface area contributed by atoms with Crippen molar-refractivity contribution >= 4 is 33.0 Å². The number of carbonyl (C=O) groups is 1. The van der Waals surface area contributed by atoms with Gasteiger partial charge in [0.25, 0.3) is 5.91 Å². The second-order valence-corrected chi connectivity index (χ2v) is 5.50. The number of halogens is 1. The third-order valence-electron chi connectivity index (χ3n) is 3.23. The molecule has 0 aliphatic heterocycles. The Bertz CT molecular complexity index is 605. The lowest BCUT2D eigenvalue weighted by Crippen LogP contribution is -2.33. The summed E-state index contributed by atoms with van der Waals surface area (Å²) < 4.78 is 14.4. The Labute approximate surface area is 115 Å². The Hall–Kier alpha value is -1.62.